The summed E-state index contributed by atoms with van der Waals surface area (Å²) in [5.41, 5.74) is 4.02. The van der Waals surface area contributed by atoms with Crippen molar-refractivity contribution in [3.8, 4) is 0 Å². The first-order chi connectivity index (χ1) is 12.2. The van der Waals surface area contributed by atoms with E-state index in [-0.39, 0.29) is 5.91 Å². The van der Waals surface area contributed by atoms with Crippen molar-refractivity contribution in [2.75, 3.05) is 19.6 Å². The van der Waals surface area contributed by atoms with Crippen molar-refractivity contribution in [3.63, 3.8) is 0 Å². The van der Waals surface area contributed by atoms with Crippen LogP contribution in [-0.4, -0.2) is 41.4 Å². The molecule has 1 saturated heterocycles. The largest absolute Gasteiger partial charge is 0.341 e. The highest BCUT2D eigenvalue weighted by Crippen LogP contribution is 2.25. The lowest BCUT2D eigenvalue weighted by atomic mass is 9.98. The molecule has 0 radical (unpaired) electrons. The number of rotatable bonds is 3. The molecule has 1 atom stereocenters. The molecule has 2 heterocycles. The van der Waals surface area contributed by atoms with Crippen LogP contribution in [-0.2, 0) is 24.2 Å². The molecule has 130 valence electrons. The third-order valence-corrected chi connectivity index (χ3v) is 5.99. The van der Waals surface area contributed by atoms with Crippen LogP contribution in [0.4, 0.5) is 0 Å². The molecule has 0 N–H and O–H groups in total. The molecule has 2 aliphatic heterocycles. The smallest absolute Gasteiger partial charge is 0.227 e. The Hall–Kier alpha value is -1.65. The molecule has 0 spiro atoms. The molecule has 25 heavy (non-hydrogen) atoms. The number of amides is 1. The zero-order valence-electron chi connectivity index (χ0n) is 14.3. The van der Waals surface area contributed by atoms with E-state index in [9.17, 15) is 4.79 Å². The number of nitrogens with zero attached hydrogens (tertiary/aromatic N) is 2. The minimum absolute atomic E-state index is 0.252. The van der Waals surface area contributed by atoms with E-state index >= 15 is 0 Å². The van der Waals surface area contributed by atoms with Crippen LogP contribution in [0.5, 0.6) is 0 Å². The van der Waals surface area contributed by atoms with Crippen LogP contribution in [0.25, 0.3) is 0 Å². The van der Waals surface area contributed by atoms with Gasteiger partial charge in [0.25, 0.3) is 0 Å². The zero-order chi connectivity index (χ0) is 17.2. The first-order valence-electron chi connectivity index (χ1n) is 9.02. The summed E-state index contributed by atoms with van der Waals surface area (Å²) in [5.74, 6) is 0.252. The number of hydrogen-bond acceptors (Lipinski definition) is 2. The highest BCUT2D eigenvalue weighted by molar-refractivity contribution is 9.10. The Morgan fingerprint density at radius 1 is 1.04 bits per heavy atom. The Bertz CT molecular complexity index is 759. The molecule has 2 aromatic carbocycles. The van der Waals surface area contributed by atoms with Crippen molar-refractivity contribution in [2.45, 2.75) is 31.8 Å². The number of hydrogen-bond donors (Lipinski definition) is 0. The number of carbonyl (C=O) groups is 1. The van der Waals surface area contributed by atoms with Gasteiger partial charge in [0.15, 0.2) is 0 Å². The van der Waals surface area contributed by atoms with E-state index in [2.05, 4.69) is 45.1 Å². The molecule has 2 aromatic rings. The third-order valence-electron chi connectivity index (χ3n) is 5.46. The molecule has 2 aliphatic rings. The van der Waals surface area contributed by atoms with E-state index in [0.717, 1.165) is 49.1 Å². The fourth-order valence-corrected chi connectivity index (χ4v) is 4.25. The molecule has 1 fully saturated rings. The quantitative estimate of drug-likeness (QED) is 0.787. The maximum Gasteiger partial charge on any atom is 0.227 e. The van der Waals surface area contributed by atoms with Crippen LogP contribution in [0.1, 0.15) is 23.1 Å². The predicted molar refractivity (Wildman–Crippen MR) is 103 cm³/mol. The number of carbonyl (C=O) groups excluding carboxylic acids is 1. The van der Waals surface area contributed by atoms with Gasteiger partial charge in [-0.3, -0.25) is 9.69 Å². The normalized spacial score (nSPS) is 20.5. The average molecular weight is 399 g/mol. The fraction of sp³-hybridized carbons (Fsp3) is 0.381. The van der Waals surface area contributed by atoms with Gasteiger partial charge in [-0.05, 0) is 41.7 Å². The molecule has 1 amide bonds. The number of likely N-dealkylation sites (tertiary alicyclic amines) is 1. The summed E-state index contributed by atoms with van der Waals surface area (Å²) in [6.45, 7) is 3.89. The number of benzene rings is 2. The van der Waals surface area contributed by atoms with Gasteiger partial charge in [0.2, 0.25) is 5.91 Å². The van der Waals surface area contributed by atoms with Gasteiger partial charge in [-0.2, -0.15) is 0 Å². The Morgan fingerprint density at radius 2 is 1.80 bits per heavy atom. The zero-order valence-corrected chi connectivity index (χ0v) is 15.9. The number of fused-ring (bicyclic) bond motifs is 1. The molecule has 0 unspecified atom stereocenters. The van der Waals surface area contributed by atoms with Gasteiger partial charge in [-0.15, -0.1) is 0 Å². The molecule has 0 aliphatic carbocycles. The summed E-state index contributed by atoms with van der Waals surface area (Å²) >= 11 is 3.44. The second-order valence-corrected chi connectivity index (χ2v) is 7.99. The minimum atomic E-state index is 0.252. The van der Waals surface area contributed by atoms with Crippen LogP contribution >= 0.6 is 15.9 Å². The molecular formula is C21H23BrN2O. The van der Waals surface area contributed by atoms with Crippen molar-refractivity contribution < 1.29 is 4.79 Å². The predicted octanol–water partition coefficient (Wildman–Crippen LogP) is 3.65. The summed E-state index contributed by atoms with van der Waals surface area (Å²) in [6.07, 6.45) is 2.72. The van der Waals surface area contributed by atoms with Gasteiger partial charge in [0, 0.05) is 36.7 Å². The van der Waals surface area contributed by atoms with E-state index in [1.165, 1.54) is 11.1 Å². The Labute approximate surface area is 157 Å². The van der Waals surface area contributed by atoms with Crippen molar-refractivity contribution >= 4 is 21.8 Å². The Morgan fingerprint density at radius 3 is 2.60 bits per heavy atom. The maximum absolute atomic E-state index is 12.6. The SMILES string of the molecule is O=C(Cc1ccc(Br)cc1)N1CC[C@H](N2CCc3ccccc3C2)C1. The van der Waals surface area contributed by atoms with Crippen molar-refractivity contribution in [1.29, 1.82) is 0 Å². The summed E-state index contributed by atoms with van der Waals surface area (Å²) < 4.78 is 1.05. The molecule has 4 rings (SSSR count). The summed E-state index contributed by atoms with van der Waals surface area (Å²) in [4.78, 5) is 17.2. The highest BCUT2D eigenvalue weighted by atomic mass is 79.9. The Kier molecular flexibility index (Phi) is 4.91. The first kappa shape index (κ1) is 16.8. The maximum atomic E-state index is 12.6. The molecule has 0 aromatic heterocycles. The highest BCUT2D eigenvalue weighted by Gasteiger charge is 2.31. The van der Waals surface area contributed by atoms with Gasteiger partial charge in [0.1, 0.15) is 0 Å². The first-order valence-corrected chi connectivity index (χ1v) is 9.81. The molecule has 0 bridgehead atoms. The van der Waals surface area contributed by atoms with Gasteiger partial charge in [-0.1, -0.05) is 52.3 Å². The van der Waals surface area contributed by atoms with Gasteiger partial charge in [0.05, 0.1) is 6.42 Å². The molecule has 0 saturated carbocycles. The second kappa shape index (κ2) is 7.30. The van der Waals surface area contributed by atoms with Gasteiger partial charge < -0.3 is 4.90 Å². The number of halogens is 1. The standard InChI is InChI=1S/C21H23BrN2O/c22-19-7-5-16(6-8-19)13-21(25)24-12-10-20(15-24)23-11-9-17-3-1-2-4-18(17)14-23/h1-8,20H,9-15H2/t20-/m0/s1. The third kappa shape index (κ3) is 3.80. The van der Waals surface area contributed by atoms with Crippen molar-refractivity contribution in [3.05, 3.63) is 69.7 Å². The minimum Gasteiger partial charge on any atom is -0.341 e. The van der Waals surface area contributed by atoms with Crippen molar-refractivity contribution in [2.24, 2.45) is 0 Å². The summed E-state index contributed by atoms with van der Waals surface area (Å²) in [7, 11) is 0. The van der Waals surface area contributed by atoms with E-state index < -0.39 is 0 Å². The summed E-state index contributed by atoms with van der Waals surface area (Å²) in [6, 6.07) is 17.3. The van der Waals surface area contributed by atoms with E-state index in [4.69, 9.17) is 0 Å². The molecule has 4 heteroatoms. The lowest BCUT2D eigenvalue weighted by Gasteiger charge is -2.33. The Balaban J connectivity index is 1.35. The monoisotopic (exact) mass is 398 g/mol. The molecular weight excluding hydrogens is 376 g/mol. The van der Waals surface area contributed by atoms with Crippen LogP contribution < -0.4 is 0 Å². The van der Waals surface area contributed by atoms with Crippen molar-refractivity contribution in [1.82, 2.24) is 9.80 Å². The lowest BCUT2D eigenvalue weighted by molar-refractivity contribution is -0.129. The average Bonchev–Trinajstić information content (AvgIpc) is 3.13. The van der Waals surface area contributed by atoms with E-state index in [1.54, 1.807) is 0 Å². The van der Waals surface area contributed by atoms with Crippen LogP contribution in [0.2, 0.25) is 0 Å². The fourth-order valence-electron chi connectivity index (χ4n) is 3.98. The van der Waals surface area contributed by atoms with Crippen LogP contribution in [0, 0.1) is 0 Å². The van der Waals surface area contributed by atoms with E-state index in [1.807, 2.05) is 29.2 Å². The van der Waals surface area contributed by atoms with Gasteiger partial charge >= 0.3 is 0 Å². The lowest BCUT2D eigenvalue weighted by Crippen LogP contribution is -2.41. The second-order valence-electron chi connectivity index (χ2n) is 7.07. The summed E-state index contributed by atoms with van der Waals surface area (Å²) in [5, 5.41) is 0. The van der Waals surface area contributed by atoms with Crippen LogP contribution in [0.3, 0.4) is 0 Å². The van der Waals surface area contributed by atoms with Crippen LogP contribution in [0.15, 0.2) is 53.0 Å². The van der Waals surface area contributed by atoms with Gasteiger partial charge in [-0.25, -0.2) is 0 Å². The van der Waals surface area contributed by atoms with E-state index in [0.29, 0.717) is 12.5 Å². The topological polar surface area (TPSA) is 23.6 Å². The molecule has 3 nitrogen and oxygen atoms in total.